The van der Waals surface area contributed by atoms with Crippen LogP contribution in [0.25, 0.3) is 0 Å². The lowest BCUT2D eigenvalue weighted by Crippen LogP contribution is -2.33. The number of aryl methyl sites for hydroxylation is 1. The summed E-state index contributed by atoms with van der Waals surface area (Å²) in [6, 6.07) is 1.99. The van der Waals surface area contributed by atoms with E-state index in [1.165, 1.54) is 5.69 Å². The third-order valence-corrected chi connectivity index (χ3v) is 3.01. The Hall–Kier alpha value is -1.36. The van der Waals surface area contributed by atoms with Crippen LogP contribution in [-0.2, 0) is 18.3 Å². The van der Waals surface area contributed by atoms with Crippen LogP contribution in [0.2, 0.25) is 0 Å². The van der Waals surface area contributed by atoms with Crippen molar-refractivity contribution in [2.45, 2.75) is 20.3 Å². The van der Waals surface area contributed by atoms with Crippen molar-refractivity contribution in [1.82, 2.24) is 14.7 Å². The highest BCUT2D eigenvalue weighted by molar-refractivity contribution is 5.69. The van der Waals surface area contributed by atoms with Gasteiger partial charge in [0.05, 0.1) is 5.92 Å². The van der Waals surface area contributed by atoms with Crippen molar-refractivity contribution in [3.63, 3.8) is 0 Å². The number of hydrogen-bond acceptors (Lipinski definition) is 3. The van der Waals surface area contributed by atoms with Crippen molar-refractivity contribution in [2.24, 2.45) is 13.0 Å². The van der Waals surface area contributed by atoms with Crippen LogP contribution in [0, 0.1) is 5.92 Å². The summed E-state index contributed by atoms with van der Waals surface area (Å²) in [6.07, 6.45) is 2.68. The van der Waals surface area contributed by atoms with Crippen molar-refractivity contribution in [3.05, 3.63) is 18.0 Å². The summed E-state index contributed by atoms with van der Waals surface area (Å²) in [5.74, 6) is -1.05. The van der Waals surface area contributed by atoms with Gasteiger partial charge in [0.2, 0.25) is 0 Å². The number of carboxylic acid groups (broad SMARTS) is 1. The first-order chi connectivity index (χ1) is 8.04. The molecule has 0 aliphatic carbocycles. The van der Waals surface area contributed by atoms with Gasteiger partial charge in [-0.2, -0.15) is 5.10 Å². The Bertz CT molecular complexity index is 362. The number of carboxylic acids is 1. The quantitative estimate of drug-likeness (QED) is 0.771. The topological polar surface area (TPSA) is 58.4 Å². The zero-order chi connectivity index (χ0) is 12.8. The molecule has 0 aliphatic rings. The van der Waals surface area contributed by atoms with Gasteiger partial charge in [-0.1, -0.05) is 13.8 Å². The van der Waals surface area contributed by atoms with E-state index in [2.05, 4.69) is 16.9 Å². The lowest BCUT2D eigenvalue weighted by Gasteiger charge is -2.22. The molecular formula is C12H21N3O2. The van der Waals surface area contributed by atoms with Crippen molar-refractivity contribution in [2.75, 3.05) is 19.6 Å². The molecule has 1 aromatic heterocycles. The molecule has 0 spiro atoms. The second-order valence-electron chi connectivity index (χ2n) is 4.33. The van der Waals surface area contributed by atoms with Crippen LogP contribution in [0.3, 0.4) is 0 Å². The minimum atomic E-state index is -0.732. The Balaban J connectivity index is 2.42. The lowest BCUT2D eigenvalue weighted by atomic mass is 10.1. The molecule has 1 heterocycles. The zero-order valence-corrected chi connectivity index (χ0v) is 10.8. The molecule has 0 bridgehead atoms. The molecule has 5 nitrogen and oxygen atoms in total. The fourth-order valence-electron chi connectivity index (χ4n) is 1.76. The number of likely N-dealkylation sites (N-methyl/N-ethyl adjacent to an activating group) is 1. The van der Waals surface area contributed by atoms with E-state index < -0.39 is 5.97 Å². The van der Waals surface area contributed by atoms with Crippen molar-refractivity contribution >= 4 is 5.97 Å². The Morgan fingerprint density at radius 1 is 1.65 bits per heavy atom. The van der Waals surface area contributed by atoms with Crippen LogP contribution >= 0.6 is 0 Å². The molecular weight excluding hydrogens is 218 g/mol. The van der Waals surface area contributed by atoms with Crippen molar-refractivity contribution < 1.29 is 9.90 Å². The van der Waals surface area contributed by atoms with Crippen LogP contribution in [0.1, 0.15) is 19.5 Å². The minimum Gasteiger partial charge on any atom is -0.481 e. The number of nitrogens with zero attached hydrogens (tertiary/aromatic N) is 3. The van der Waals surface area contributed by atoms with Crippen LogP contribution in [0.5, 0.6) is 0 Å². The molecule has 0 radical (unpaired) electrons. The smallest absolute Gasteiger partial charge is 0.307 e. The SMILES string of the molecule is CCN(CCc1ccnn1C)CC(C)C(=O)O. The van der Waals surface area contributed by atoms with Gasteiger partial charge < -0.3 is 10.0 Å². The van der Waals surface area contributed by atoms with Crippen LogP contribution in [-0.4, -0.2) is 45.4 Å². The maximum absolute atomic E-state index is 10.8. The fraction of sp³-hybridized carbons (Fsp3) is 0.667. The van der Waals surface area contributed by atoms with E-state index >= 15 is 0 Å². The van der Waals surface area contributed by atoms with Crippen LogP contribution < -0.4 is 0 Å². The summed E-state index contributed by atoms with van der Waals surface area (Å²) in [5.41, 5.74) is 1.17. The molecule has 1 aromatic rings. The maximum atomic E-state index is 10.8. The van der Waals surface area contributed by atoms with Gasteiger partial charge >= 0.3 is 5.97 Å². The van der Waals surface area contributed by atoms with Gasteiger partial charge in [-0.15, -0.1) is 0 Å². The molecule has 0 saturated heterocycles. The molecule has 0 amide bonds. The maximum Gasteiger partial charge on any atom is 0.307 e. The highest BCUT2D eigenvalue weighted by Gasteiger charge is 2.15. The molecule has 17 heavy (non-hydrogen) atoms. The van der Waals surface area contributed by atoms with Gasteiger partial charge in [0.15, 0.2) is 0 Å². The lowest BCUT2D eigenvalue weighted by molar-refractivity contribution is -0.141. The van der Waals surface area contributed by atoms with Gasteiger partial charge in [-0.05, 0) is 12.6 Å². The second kappa shape index (κ2) is 6.39. The van der Waals surface area contributed by atoms with E-state index in [0.717, 1.165) is 19.5 Å². The molecule has 1 rings (SSSR count). The monoisotopic (exact) mass is 239 g/mol. The van der Waals surface area contributed by atoms with E-state index in [9.17, 15) is 4.79 Å². The summed E-state index contributed by atoms with van der Waals surface area (Å²) in [4.78, 5) is 13.0. The van der Waals surface area contributed by atoms with E-state index in [-0.39, 0.29) is 5.92 Å². The first-order valence-corrected chi connectivity index (χ1v) is 5.96. The number of aromatic nitrogens is 2. The average molecular weight is 239 g/mol. The van der Waals surface area contributed by atoms with E-state index in [0.29, 0.717) is 6.54 Å². The van der Waals surface area contributed by atoms with Crippen molar-refractivity contribution in [3.8, 4) is 0 Å². The van der Waals surface area contributed by atoms with Crippen LogP contribution in [0.15, 0.2) is 12.3 Å². The molecule has 1 N–H and O–H groups in total. The molecule has 0 fully saturated rings. The average Bonchev–Trinajstić information content (AvgIpc) is 2.69. The predicted molar refractivity (Wildman–Crippen MR) is 65.8 cm³/mol. The second-order valence-corrected chi connectivity index (χ2v) is 4.33. The normalized spacial score (nSPS) is 12.9. The molecule has 5 heteroatoms. The Morgan fingerprint density at radius 2 is 2.35 bits per heavy atom. The summed E-state index contributed by atoms with van der Waals surface area (Å²) >= 11 is 0. The highest BCUT2D eigenvalue weighted by Crippen LogP contribution is 2.04. The van der Waals surface area contributed by atoms with E-state index in [1.807, 2.05) is 17.8 Å². The molecule has 96 valence electrons. The molecule has 0 saturated carbocycles. The summed E-state index contributed by atoms with van der Waals surface area (Å²) in [6.45, 7) is 6.14. The molecule has 0 aromatic carbocycles. The predicted octanol–water partition coefficient (Wildman–Crippen LogP) is 1.01. The highest BCUT2D eigenvalue weighted by atomic mass is 16.4. The number of hydrogen-bond donors (Lipinski definition) is 1. The fourth-order valence-corrected chi connectivity index (χ4v) is 1.76. The molecule has 1 unspecified atom stereocenters. The Morgan fingerprint density at radius 3 is 2.82 bits per heavy atom. The third-order valence-electron chi connectivity index (χ3n) is 3.01. The standard InChI is InChI=1S/C12H21N3O2/c1-4-15(9-10(2)12(16)17)8-6-11-5-7-13-14(11)3/h5,7,10H,4,6,8-9H2,1-3H3,(H,16,17). The van der Waals surface area contributed by atoms with Gasteiger partial charge in [0.25, 0.3) is 0 Å². The first kappa shape index (κ1) is 13.7. The first-order valence-electron chi connectivity index (χ1n) is 5.96. The number of aliphatic carboxylic acids is 1. The third kappa shape index (κ3) is 4.19. The van der Waals surface area contributed by atoms with Crippen LogP contribution in [0.4, 0.5) is 0 Å². The Kier molecular flexibility index (Phi) is 5.15. The van der Waals surface area contributed by atoms with E-state index in [4.69, 9.17) is 5.11 Å². The summed E-state index contributed by atoms with van der Waals surface area (Å²) < 4.78 is 1.86. The number of carbonyl (C=O) groups is 1. The number of rotatable bonds is 7. The van der Waals surface area contributed by atoms with Gasteiger partial charge in [-0.3, -0.25) is 9.48 Å². The minimum absolute atomic E-state index is 0.318. The van der Waals surface area contributed by atoms with Gasteiger partial charge in [0.1, 0.15) is 0 Å². The summed E-state index contributed by atoms with van der Waals surface area (Å²) in [5, 5.41) is 13.0. The molecule has 0 aliphatic heterocycles. The zero-order valence-electron chi connectivity index (χ0n) is 10.8. The van der Waals surface area contributed by atoms with Gasteiger partial charge in [0, 0.05) is 38.4 Å². The Labute approximate surface area is 102 Å². The van der Waals surface area contributed by atoms with Gasteiger partial charge in [-0.25, -0.2) is 0 Å². The largest absolute Gasteiger partial charge is 0.481 e. The molecule has 1 atom stereocenters. The van der Waals surface area contributed by atoms with Crippen molar-refractivity contribution in [1.29, 1.82) is 0 Å². The summed E-state index contributed by atoms with van der Waals surface area (Å²) in [7, 11) is 1.92. The van der Waals surface area contributed by atoms with E-state index in [1.54, 1.807) is 13.1 Å².